The van der Waals surface area contributed by atoms with Gasteiger partial charge < -0.3 is 14.8 Å². The van der Waals surface area contributed by atoms with Crippen LogP contribution in [0, 0.1) is 5.41 Å². The van der Waals surface area contributed by atoms with Crippen molar-refractivity contribution in [1.82, 2.24) is 5.32 Å². The maximum atomic E-state index is 12.6. The average Bonchev–Trinajstić information content (AvgIpc) is 3.33. The first-order valence-corrected chi connectivity index (χ1v) is 10.0. The molecule has 1 amide bonds. The molecule has 8 heteroatoms. The fraction of sp³-hybridized carbons (Fsp3) is 0.143. The van der Waals surface area contributed by atoms with Gasteiger partial charge in [-0.3, -0.25) is 15.1 Å². The van der Waals surface area contributed by atoms with Gasteiger partial charge in [0.25, 0.3) is 0 Å². The monoisotopic (exact) mass is 427 g/mol. The Morgan fingerprint density at radius 3 is 2.52 bits per heavy atom. The van der Waals surface area contributed by atoms with Gasteiger partial charge in [-0.1, -0.05) is 23.4 Å². The number of ether oxygens (including phenoxy) is 2. The van der Waals surface area contributed by atoms with Crippen LogP contribution in [0.25, 0.3) is 5.70 Å². The standard InChI is InChI=1S/C21H18ClN3O3S/c1-27-17-8-3-12(9-18(17)28-2)16-11-29-21(24-16)15-10-19(26)25(20(15)23)14-6-4-13(22)5-7-14/h3-9,11,23-24H,10H2,1-2H3. The minimum Gasteiger partial charge on any atom is -0.493 e. The van der Waals surface area contributed by atoms with Gasteiger partial charge in [0.1, 0.15) is 5.84 Å². The summed E-state index contributed by atoms with van der Waals surface area (Å²) in [6.45, 7) is 0. The normalized spacial score (nSPS) is 18.7. The molecular weight excluding hydrogens is 410 g/mol. The molecule has 1 saturated heterocycles. The third-order valence-electron chi connectivity index (χ3n) is 4.68. The predicted molar refractivity (Wildman–Crippen MR) is 117 cm³/mol. The Kier molecular flexibility index (Phi) is 5.25. The van der Waals surface area contributed by atoms with Crippen LogP contribution in [0.1, 0.15) is 12.0 Å². The van der Waals surface area contributed by atoms with Crippen LogP contribution < -0.4 is 19.7 Å². The van der Waals surface area contributed by atoms with E-state index in [1.807, 2.05) is 23.6 Å². The van der Waals surface area contributed by atoms with Gasteiger partial charge in [0.05, 0.1) is 37.1 Å². The molecule has 2 aromatic rings. The summed E-state index contributed by atoms with van der Waals surface area (Å²) in [5.74, 6) is 1.33. The van der Waals surface area contributed by atoms with Crippen LogP contribution in [0.4, 0.5) is 5.69 Å². The number of rotatable bonds is 4. The van der Waals surface area contributed by atoms with E-state index in [-0.39, 0.29) is 18.2 Å². The summed E-state index contributed by atoms with van der Waals surface area (Å²) < 4.78 is 10.7. The van der Waals surface area contributed by atoms with E-state index in [0.29, 0.717) is 27.8 Å². The highest BCUT2D eigenvalue weighted by molar-refractivity contribution is 8.06. The number of anilines is 1. The summed E-state index contributed by atoms with van der Waals surface area (Å²) >= 11 is 7.40. The molecule has 29 heavy (non-hydrogen) atoms. The summed E-state index contributed by atoms with van der Waals surface area (Å²) in [7, 11) is 3.19. The quantitative estimate of drug-likeness (QED) is 0.744. The molecule has 0 unspecified atom stereocenters. The first kappa shape index (κ1) is 19.4. The van der Waals surface area contributed by atoms with Crippen molar-refractivity contribution in [2.45, 2.75) is 6.42 Å². The fourth-order valence-corrected chi connectivity index (χ4v) is 4.25. The Morgan fingerprint density at radius 1 is 1.10 bits per heavy atom. The summed E-state index contributed by atoms with van der Waals surface area (Å²) in [5.41, 5.74) is 3.11. The lowest BCUT2D eigenvalue weighted by atomic mass is 10.1. The zero-order chi connectivity index (χ0) is 20.5. The van der Waals surface area contributed by atoms with E-state index in [0.717, 1.165) is 16.3 Å². The molecule has 0 radical (unpaired) electrons. The van der Waals surface area contributed by atoms with Crippen LogP contribution in [-0.4, -0.2) is 26.0 Å². The lowest BCUT2D eigenvalue weighted by Crippen LogP contribution is -2.28. The number of carbonyl (C=O) groups excluding carboxylic acids is 1. The van der Waals surface area contributed by atoms with Gasteiger partial charge in [-0.2, -0.15) is 0 Å². The van der Waals surface area contributed by atoms with Crippen LogP contribution in [-0.2, 0) is 4.79 Å². The highest BCUT2D eigenvalue weighted by Crippen LogP contribution is 2.39. The second-order valence-electron chi connectivity index (χ2n) is 6.38. The van der Waals surface area contributed by atoms with Crippen LogP contribution in [0.15, 0.2) is 58.5 Å². The molecule has 0 atom stereocenters. The lowest BCUT2D eigenvalue weighted by molar-refractivity contribution is -0.116. The van der Waals surface area contributed by atoms with Crippen molar-refractivity contribution in [3.8, 4) is 11.5 Å². The number of amidine groups is 1. The van der Waals surface area contributed by atoms with Crippen molar-refractivity contribution >= 4 is 46.5 Å². The van der Waals surface area contributed by atoms with E-state index < -0.39 is 0 Å². The molecular formula is C21H18ClN3O3S. The van der Waals surface area contributed by atoms with E-state index in [9.17, 15) is 4.79 Å². The van der Waals surface area contributed by atoms with Gasteiger partial charge in [-0.15, -0.1) is 0 Å². The number of thioether (sulfide) groups is 1. The smallest absolute Gasteiger partial charge is 0.237 e. The number of halogens is 1. The lowest BCUT2D eigenvalue weighted by Gasteiger charge is -2.16. The van der Waals surface area contributed by atoms with E-state index in [2.05, 4.69) is 5.32 Å². The molecule has 0 bridgehead atoms. The molecule has 0 spiro atoms. The fourth-order valence-electron chi connectivity index (χ4n) is 3.21. The first-order valence-electron chi connectivity index (χ1n) is 8.78. The molecule has 0 saturated carbocycles. The van der Waals surface area contributed by atoms with Gasteiger partial charge in [0.2, 0.25) is 5.91 Å². The van der Waals surface area contributed by atoms with Gasteiger partial charge >= 0.3 is 0 Å². The number of hydrogen-bond donors (Lipinski definition) is 2. The Bertz CT molecular complexity index is 1060. The second kappa shape index (κ2) is 7.85. The number of benzene rings is 2. The minimum absolute atomic E-state index is 0.137. The zero-order valence-corrected chi connectivity index (χ0v) is 17.4. The van der Waals surface area contributed by atoms with Crippen molar-refractivity contribution < 1.29 is 14.3 Å². The van der Waals surface area contributed by atoms with Gasteiger partial charge in [0.15, 0.2) is 11.5 Å². The van der Waals surface area contributed by atoms with E-state index in [1.165, 1.54) is 16.7 Å². The van der Waals surface area contributed by atoms with Crippen LogP contribution >= 0.6 is 23.4 Å². The number of hydrogen-bond acceptors (Lipinski definition) is 6. The van der Waals surface area contributed by atoms with E-state index in [4.69, 9.17) is 26.5 Å². The molecule has 4 rings (SSSR count). The maximum Gasteiger partial charge on any atom is 0.237 e. The van der Waals surface area contributed by atoms with E-state index >= 15 is 0 Å². The molecule has 0 aromatic heterocycles. The first-order chi connectivity index (χ1) is 14.0. The zero-order valence-electron chi connectivity index (χ0n) is 15.8. The largest absolute Gasteiger partial charge is 0.493 e. The van der Waals surface area contributed by atoms with Crippen molar-refractivity contribution in [3.63, 3.8) is 0 Å². The topological polar surface area (TPSA) is 74.7 Å². The van der Waals surface area contributed by atoms with Crippen LogP contribution in [0.3, 0.4) is 0 Å². The maximum absolute atomic E-state index is 12.6. The molecule has 2 aromatic carbocycles. The number of nitrogens with one attached hydrogen (secondary N) is 2. The molecule has 2 heterocycles. The molecule has 6 nitrogen and oxygen atoms in total. The second-order valence-corrected chi connectivity index (χ2v) is 7.70. The van der Waals surface area contributed by atoms with Crippen LogP contribution in [0.5, 0.6) is 11.5 Å². The predicted octanol–water partition coefficient (Wildman–Crippen LogP) is 4.62. The van der Waals surface area contributed by atoms with Gasteiger partial charge in [-0.25, -0.2) is 0 Å². The third-order valence-corrected chi connectivity index (χ3v) is 5.87. The summed E-state index contributed by atoms with van der Waals surface area (Å²) in [6, 6.07) is 12.6. The Labute approximate surface area is 177 Å². The van der Waals surface area contributed by atoms with Crippen molar-refractivity contribution in [2.24, 2.45) is 0 Å². The van der Waals surface area contributed by atoms with Gasteiger partial charge in [-0.05, 0) is 42.5 Å². The Morgan fingerprint density at radius 2 is 1.83 bits per heavy atom. The number of nitrogens with zero attached hydrogens (tertiary/aromatic N) is 1. The van der Waals surface area contributed by atoms with E-state index in [1.54, 1.807) is 38.5 Å². The molecule has 0 aliphatic carbocycles. The highest BCUT2D eigenvalue weighted by atomic mass is 35.5. The van der Waals surface area contributed by atoms with Gasteiger partial charge in [0, 0.05) is 21.6 Å². The molecule has 2 aliphatic heterocycles. The Balaban J connectivity index is 1.58. The van der Waals surface area contributed by atoms with Crippen molar-refractivity contribution in [2.75, 3.05) is 19.1 Å². The molecule has 148 valence electrons. The molecule has 1 fully saturated rings. The summed E-state index contributed by atoms with van der Waals surface area (Å²) in [5, 5.41) is 15.2. The van der Waals surface area contributed by atoms with Crippen molar-refractivity contribution in [3.05, 3.63) is 69.1 Å². The number of methoxy groups -OCH3 is 2. The SMILES string of the molecule is COc1ccc(C2=CSC(=C3CC(=O)N(c4ccc(Cl)cc4)C3=N)N2)cc1OC. The summed E-state index contributed by atoms with van der Waals surface area (Å²) in [4.78, 5) is 14.0. The average molecular weight is 428 g/mol. The minimum atomic E-state index is -0.137. The summed E-state index contributed by atoms with van der Waals surface area (Å²) in [6.07, 6.45) is 0.170. The number of carbonyl (C=O) groups is 1. The van der Waals surface area contributed by atoms with Crippen LogP contribution in [0.2, 0.25) is 5.02 Å². The Hall–Kier alpha value is -2.90. The highest BCUT2D eigenvalue weighted by Gasteiger charge is 2.35. The van der Waals surface area contributed by atoms with Crippen molar-refractivity contribution in [1.29, 1.82) is 5.41 Å². The molecule has 2 aliphatic rings. The number of amides is 1. The molecule has 2 N–H and O–H groups in total. The third kappa shape index (κ3) is 3.59.